The lowest BCUT2D eigenvalue weighted by Gasteiger charge is -2.13. The molecule has 4 aromatic rings. The van der Waals surface area contributed by atoms with Gasteiger partial charge >= 0.3 is 6.18 Å². The van der Waals surface area contributed by atoms with Crippen molar-refractivity contribution in [1.29, 1.82) is 0 Å². The molecule has 0 spiro atoms. The Hall–Kier alpha value is -3.95. The van der Waals surface area contributed by atoms with Crippen LogP contribution in [-0.4, -0.2) is 26.1 Å². The highest BCUT2D eigenvalue weighted by Crippen LogP contribution is 2.33. The number of alkyl halides is 3. The summed E-state index contributed by atoms with van der Waals surface area (Å²) in [6.07, 6.45) is -4.41. The van der Waals surface area contributed by atoms with E-state index in [0.717, 1.165) is 17.5 Å². The van der Waals surface area contributed by atoms with Crippen molar-refractivity contribution in [2.24, 2.45) is 7.05 Å². The van der Waals surface area contributed by atoms with Crippen LogP contribution in [-0.2, 0) is 13.2 Å². The van der Waals surface area contributed by atoms with Crippen LogP contribution in [0.15, 0.2) is 60.7 Å². The number of ether oxygens (including phenoxy) is 1. The van der Waals surface area contributed by atoms with E-state index in [1.807, 2.05) is 6.07 Å². The fraction of sp³-hybridized carbons (Fsp3) is 0.182. The number of amides is 1. The molecule has 32 heavy (non-hydrogen) atoms. The number of nitrogens with one attached hydrogen (secondary N) is 1. The van der Waals surface area contributed by atoms with Crippen LogP contribution in [0.5, 0.6) is 11.5 Å². The number of hydrogen-bond donors (Lipinski definition) is 1. The van der Waals surface area contributed by atoms with Gasteiger partial charge in [-0.1, -0.05) is 12.1 Å². The lowest BCUT2D eigenvalue weighted by atomic mass is 10.1. The number of aromatic nitrogens is 4. The van der Waals surface area contributed by atoms with Gasteiger partial charge in [0.25, 0.3) is 5.91 Å². The molecule has 1 heterocycles. The number of nitrogens with zero attached hydrogens (tertiary/aromatic N) is 4. The summed E-state index contributed by atoms with van der Waals surface area (Å²) in [5, 5.41) is 16.0. The first-order valence-corrected chi connectivity index (χ1v) is 9.63. The quantitative estimate of drug-likeness (QED) is 0.487. The average Bonchev–Trinajstić information content (AvgIpc) is 3.20. The van der Waals surface area contributed by atoms with Crippen molar-refractivity contribution in [3.8, 4) is 11.5 Å². The molecule has 164 valence electrons. The molecule has 3 aromatic carbocycles. The van der Waals surface area contributed by atoms with Crippen LogP contribution >= 0.6 is 0 Å². The molecule has 1 unspecified atom stereocenters. The standard InChI is InChI=1S/C22H18F3N5O2/c1-13(20-27-29-30(2)28-20)26-21(31)15-6-11-18-14(12-15)4-3-5-19(18)32-17-9-7-16(8-10-17)22(23,24)25/h3-13H,1-2H3,(H,26,31). The molecule has 10 heteroatoms. The highest BCUT2D eigenvalue weighted by atomic mass is 19.4. The first-order chi connectivity index (χ1) is 15.2. The molecular formula is C22H18F3N5O2. The third-order valence-electron chi connectivity index (χ3n) is 4.77. The Kier molecular flexibility index (Phi) is 5.52. The lowest BCUT2D eigenvalue weighted by Crippen LogP contribution is -2.27. The maximum absolute atomic E-state index is 12.7. The Morgan fingerprint density at radius 3 is 2.50 bits per heavy atom. The highest BCUT2D eigenvalue weighted by molar-refractivity contribution is 6.00. The van der Waals surface area contributed by atoms with Gasteiger partial charge in [-0.2, -0.15) is 18.0 Å². The highest BCUT2D eigenvalue weighted by Gasteiger charge is 2.30. The SMILES string of the molecule is CC(NC(=O)c1ccc2c(Oc3ccc(C(F)(F)F)cc3)cccc2c1)c1nnn(C)n1. The van der Waals surface area contributed by atoms with E-state index in [9.17, 15) is 18.0 Å². The van der Waals surface area contributed by atoms with Crippen LogP contribution in [0.2, 0.25) is 0 Å². The first kappa shape index (κ1) is 21.3. The van der Waals surface area contributed by atoms with Crippen molar-refractivity contribution in [3.63, 3.8) is 0 Å². The predicted molar refractivity (Wildman–Crippen MR) is 110 cm³/mol. The van der Waals surface area contributed by atoms with Gasteiger partial charge in [0.2, 0.25) is 0 Å². The lowest BCUT2D eigenvalue weighted by molar-refractivity contribution is -0.137. The van der Waals surface area contributed by atoms with Crippen LogP contribution in [0.3, 0.4) is 0 Å². The fourth-order valence-electron chi connectivity index (χ4n) is 3.14. The van der Waals surface area contributed by atoms with Crippen molar-refractivity contribution in [2.45, 2.75) is 19.1 Å². The summed E-state index contributed by atoms with van der Waals surface area (Å²) < 4.78 is 44.0. The maximum atomic E-state index is 12.7. The zero-order chi connectivity index (χ0) is 22.9. The Morgan fingerprint density at radius 1 is 1.09 bits per heavy atom. The topological polar surface area (TPSA) is 81.9 Å². The van der Waals surface area contributed by atoms with Gasteiger partial charge in [0, 0.05) is 10.9 Å². The van der Waals surface area contributed by atoms with Crippen molar-refractivity contribution in [3.05, 3.63) is 77.6 Å². The maximum Gasteiger partial charge on any atom is 0.416 e. The molecule has 1 aromatic heterocycles. The van der Waals surface area contributed by atoms with Gasteiger partial charge in [0.1, 0.15) is 11.5 Å². The van der Waals surface area contributed by atoms with Crippen LogP contribution in [0.1, 0.15) is 34.7 Å². The third kappa shape index (κ3) is 4.53. The average molecular weight is 441 g/mol. The van der Waals surface area contributed by atoms with E-state index in [2.05, 4.69) is 20.7 Å². The Balaban J connectivity index is 1.54. The molecule has 0 bridgehead atoms. The second-order valence-electron chi connectivity index (χ2n) is 7.15. The second kappa shape index (κ2) is 8.29. The van der Waals surface area contributed by atoms with Crippen molar-refractivity contribution >= 4 is 16.7 Å². The van der Waals surface area contributed by atoms with Crippen LogP contribution in [0, 0.1) is 0 Å². The van der Waals surface area contributed by atoms with E-state index >= 15 is 0 Å². The minimum Gasteiger partial charge on any atom is -0.457 e. The largest absolute Gasteiger partial charge is 0.457 e. The van der Waals surface area contributed by atoms with Gasteiger partial charge in [0.05, 0.1) is 18.7 Å². The number of halogens is 3. The number of carbonyl (C=O) groups is 1. The first-order valence-electron chi connectivity index (χ1n) is 9.63. The van der Waals surface area contributed by atoms with Gasteiger partial charge < -0.3 is 10.1 Å². The summed E-state index contributed by atoms with van der Waals surface area (Å²) in [6, 6.07) is 14.4. The summed E-state index contributed by atoms with van der Waals surface area (Å²) in [6.45, 7) is 1.76. The van der Waals surface area contributed by atoms with Gasteiger partial charge in [-0.3, -0.25) is 4.79 Å². The van der Waals surface area contributed by atoms with Crippen LogP contribution < -0.4 is 10.1 Å². The summed E-state index contributed by atoms with van der Waals surface area (Å²) in [5.41, 5.74) is -0.316. The van der Waals surface area contributed by atoms with Gasteiger partial charge in [0.15, 0.2) is 5.82 Å². The second-order valence-corrected chi connectivity index (χ2v) is 7.15. The molecular weight excluding hydrogens is 423 g/mol. The number of rotatable bonds is 5. The molecule has 0 aliphatic heterocycles. The number of tetrazole rings is 1. The fourth-order valence-corrected chi connectivity index (χ4v) is 3.14. The predicted octanol–water partition coefficient (Wildman–Crippen LogP) is 4.67. The molecule has 0 saturated carbocycles. The summed E-state index contributed by atoms with van der Waals surface area (Å²) in [5.74, 6) is 0.832. The molecule has 0 aliphatic carbocycles. The van der Waals surface area contributed by atoms with Gasteiger partial charge in [-0.25, -0.2) is 0 Å². The molecule has 1 atom stereocenters. The van der Waals surface area contributed by atoms with E-state index in [1.165, 1.54) is 16.9 Å². The number of aryl methyl sites for hydroxylation is 1. The minimum atomic E-state index is -4.41. The van der Waals surface area contributed by atoms with E-state index in [-0.39, 0.29) is 11.7 Å². The molecule has 0 aliphatic rings. The molecule has 0 saturated heterocycles. The van der Waals surface area contributed by atoms with Gasteiger partial charge in [-0.05, 0) is 66.1 Å². The Bertz CT molecular complexity index is 1270. The normalized spacial score (nSPS) is 12.5. The van der Waals surface area contributed by atoms with Gasteiger partial charge in [-0.15, -0.1) is 10.2 Å². The van der Waals surface area contributed by atoms with E-state index < -0.39 is 17.8 Å². The number of carbonyl (C=O) groups excluding carboxylic acids is 1. The summed E-state index contributed by atoms with van der Waals surface area (Å²) in [4.78, 5) is 14.0. The van der Waals surface area contributed by atoms with Crippen molar-refractivity contribution < 1.29 is 22.7 Å². The number of fused-ring (bicyclic) bond motifs is 1. The van der Waals surface area contributed by atoms with Crippen molar-refractivity contribution in [2.75, 3.05) is 0 Å². The van der Waals surface area contributed by atoms with E-state index in [0.29, 0.717) is 22.5 Å². The molecule has 1 N–H and O–H groups in total. The number of benzene rings is 3. The molecule has 7 nitrogen and oxygen atoms in total. The summed E-state index contributed by atoms with van der Waals surface area (Å²) >= 11 is 0. The zero-order valence-corrected chi connectivity index (χ0v) is 17.1. The van der Waals surface area contributed by atoms with Crippen LogP contribution in [0.4, 0.5) is 13.2 Å². The third-order valence-corrected chi connectivity index (χ3v) is 4.77. The smallest absolute Gasteiger partial charge is 0.416 e. The Labute approximate surface area is 180 Å². The zero-order valence-electron chi connectivity index (χ0n) is 17.1. The van der Waals surface area contributed by atoms with Crippen LogP contribution in [0.25, 0.3) is 10.8 Å². The molecule has 1 amide bonds. The monoisotopic (exact) mass is 441 g/mol. The molecule has 4 rings (SSSR count). The summed E-state index contributed by atoms with van der Waals surface area (Å²) in [7, 11) is 1.64. The molecule has 0 radical (unpaired) electrons. The van der Waals surface area contributed by atoms with Crippen molar-refractivity contribution in [1.82, 2.24) is 25.5 Å². The minimum absolute atomic E-state index is 0.276. The van der Waals surface area contributed by atoms with E-state index in [4.69, 9.17) is 4.74 Å². The Morgan fingerprint density at radius 2 is 1.84 bits per heavy atom. The van der Waals surface area contributed by atoms with E-state index in [1.54, 1.807) is 44.3 Å². The number of hydrogen-bond acceptors (Lipinski definition) is 5. The molecule has 0 fully saturated rings.